The Morgan fingerprint density at radius 3 is 2.60 bits per heavy atom. The molecular formula is C15H14N2O3. The Morgan fingerprint density at radius 2 is 1.90 bits per heavy atom. The second kappa shape index (κ2) is 6.47. The van der Waals surface area contributed by atoms with Crippen molar-refractivity contribution in [1.29, 1.82) is 0 Å². The lowest BCUT2D eigenvalue weighted by Gasteiger charge is -2.05. The van der Waals surface area contributed by atoms with Gasteiger partial charge in [-0.3, -0.25) is 4.79 Å². The van der Waals surface area contributed by atoms with Crippen molar-refractivity contribution in [3.8, 4) is 0 Å². The van der Waals surface area contributed by atoms with E-state index in [1.165, 1.54) is 12.3 Å². The van der Waals surface area contributed by atoms with E-state index in [-0.39, 0.29) is 11.6 Å². The van der Waals surface area contributed by atoms with Gasteiger partial charge in [-0.1, -0.05) is 30.3 Å². The smallest absolute Gasteiger partial charge is 0.354 e. The van der Waals surface area contributed by atoms with Gasteiger partial charge in [-0.25, -0.2) is 9.78 Å². The Bertz CT molecular complexity index is 612. The number of hydrogen-bond donors (Lipinski definition) is 2. The first-order valence-electron chi connectivity index (χ1n) is 6.18. The fraction of sp³-hybridized carbons (Fsp3) is 0.133. The van der Waals surface area contributed by atoms with Crippen LogP contribution in [0, 0.1) is 0 Å². The van der Waals surface area contributed by atoms with Crippen LogP contribution in [0.5, 0.6) is 0 Å². The minimum Gasteiger partial charge on any atom is -0.477 e. The van der Waals surface area contributed by atoms with Crippen molar-refractivity contribution in [3.05, 3.63) is 59.9 Å². The predicted molar refractivity (Wildman–Crippen MR) is 74.6 cm³/mol. The van der Waals surface area contributed by atoms with Crippen LogP contribution in [0.25, 0.3) is 0 Å². The summed E-state index contributed by atoms with van der Waals surface area (Å²) in [6.45, 7) is 0. The molecule has 0 fully saturated rings. The second-order valence-corrected chi connectivity index (χ2v) is 4.27. The topological polar surface area (TPSA) is 79.3 Å². The number of carbonyl (C=O) groups excluding carboxylic acids is 1. The molecule has 20 heavy (non-hydrogen) atoms. The van der Waals surface area contributed by atoms with E-state index < -0.39 is 5.97 Å². The summed E-state index contributed by atoms with van der Waals surface area (Å²) in [4.78, 5) is 26.3. The number of aryl methyl sites for hydroxylation is 1. The van der Waals surface area contributed by atoms with Gasteiger partial charge in [-0.15, -0.1) is 0 Å². The van der Waals surface area contributed by atoms with Crippen LogP contribution in [0.2, 0.25) is 0 Å². The molecule has 2 N–H and O–H groups in total. The molecule has 1 aromatic carbocycles. The highest BCUT2D eigenvalue weighted by atomic mass is 16.4. The molecular weight excluding hydrogens is 256 g/mol. The van der Waals surface area contributed by atoms with Crippen molar-refractivity contribution >= 4 is 17.6 Å². The van der Waals surface area contributed by atoms with Crippen LogP contribution < -0.4 is 5.32 Å². The van der Waals surface area contributed by atoms with Crippen LogP contribution in [-0.4, -0.2) is 22.0 Å². The zero-order valence-corrected chi connectivity index (χ0v) is 10.7. The maximum absolute atomic E-state index is 11.8. The number of carbonyl (C=O) groups is 2. The number of anilines is 1. The molecule has 0 atom stereocenters. The average Bonchev–Trinajstić information content (AvgIpc) is 2.46. The van der Waals surface area contributed by atoms with E-state index in [1.807, 2.05) is 30.3 Å². The number of aromatic nitrogens is 1. The van der Waals surface area contributed by atoms with E-state index in [4.69, 9.17) is 5.11 Å². The van der Waals surface area contributed by atoms with Gasteiger partial charge in [0.1, 0.15) is 5.69 Å². The molecule has 5 nitrogen and oxygen atoms in total. The van der Waals surface area contributed by atoms with Crippen LogP contribution in [0.4, 0.5) is 5.69 Å². The van der Waals surface area contributed by atoms with Gasteiger partial charge in [-0.2, -0.15) is 0 Å². The van der Waals surface area contributed by atoms with Gasteiger partial charge in [0, 0.05) is 18.3 Å². The van der Waals surface area contributed by atoms with Gasteiger partial charge in [0.2, 0.25) is 5.91 Å². The molecule has 1 amide bonds. The fourth-order valence-electron chi connectivity index (χ4n) is 1.75. The van der Waals surface area contributed by atoms with Gasteiger partial charge in [0.15, 0.2) is 0 Å². The molecule has 0 unspecified atom stereocenters. The van der Waals surface area contributed by atoms with Gasteiger partial charge in [0.25, 0.3) is 0 Å². The largest absolute Gasteiger partial charge is 0.477 e. The maximum atomic E-state index is 11.8. The number of aromatic carboxylic acids is 1. The highest BCUT2D eigenvalue weighted by molar-refractivity contribution is 5.92. The molecule has 0 aliphatic heterocycles. The highest BCUT2D eigenvalue weighted by Gasteiger charge is 2.07. The number of pyridine rings is 1. The number of nitrogens with one attached hydrogen (secondary N) is 1. The molecule has 5 heteroatoms. The number of benzene rings is 1. The summed E-state index contributed by atoms with van der Waals surface area (Å²) in [6.07, 6.45) is 2.34. The molecule has 2 aromatic rings. The van der Waals surface area contributed by atoms with E-state index in [1.54, 1.807) is 6.07 Å². The van der Waals surface area contributed by atoms with Gasteiger partial charge in [-0.05, 0) is 24.1 Å². The molecule has 0 aliphatic carbocycles. The Labute approximate surface area is 116 Å². The monoisotopic (exact) mass is 270 g/mol. The van der Waals surface area contributed by atoms with Crippen LogP contribution in [0.3, 0.4) is 0 Å². The number of rotatable bonds is 5. The lowest BCUT2D eigenvalue weighted by Crippen LogP contribution is -2.13. The molecule has 1 heterocycles. The van der Waals surface area contributed by atoms with Crippen molar-refractivity contribution in [1.82, 2.24) is 4.98 Å². The quantitative estimate of drug-likeness (QED) is 0.874. The number of carboxylic acid groups (broad SMARTS) is 1. The lowest BCUT2D eigenvalue weighted by atomic mass is 10.1. The van der Waals surface area contributed by atoms with E-state index in [0.717, 1.165) is 5.56 Å². The predicted octanol–water partition coefficient (Wildman–Crippen LogP) is 2.35. The van der Waals surface area contributed by atoms with Crippen molar-refractivity contribution in [2.75, 3.05) is 5.32 Å². The first-order chi connectivity index (χ1) is 9.65. The summed E-state index contributed by atoms with van der Waals surface area (Å²) in [5.74, 6) is -1.28. The molecule has 0 saturated carbocycles. The first-order valence-corrected chi connectivity index (χ1v) is 6.18. The third-order valence-electron chi connectivity index (χ3n) is 2.75. The van der Waals surface area contributed by atoms with Crippen molar-refractivity contribution in [2.24, 2.45) is 0 Å². The molecule has 0 spiro atoms. The zero-order chi connectivity index (χ0) is 14.4. The number of carboxylic acids is 1. The van der Waals surface area contributed by atoms with E-state index >= 15 is 0 Å². The standard InChI is InChI=1S/C15H14N2O3/c18-14(7-6-11-4-2-1-3-5-11)17-12-8-9-16-13(10-12)15(19)20/h1-5,8-10H,6-7H2,(H,19,20)(H,16,17,18). The number of nitrogens with zero attached hydrogens (tertiary/aromatic N) is 1. The van der Waals surface area contributed by atoms with Crippen molar-refractivity contribution < 1.29 is 14.7 Å². The first kappa shape index (κ1) is 13.7. The third-order valence-corrected chi connectivity index (χ3v) is 2.75. The van der Waals surface area contributed by atoms with E-state index in [2.05, 4.69) is 10.3 Å². The van der Waals surface area contributed by atoms with Gasteiger partial charge < -0.3 is 10.4 Å². The molecule has 1 aromatic heterocycles. The maximum Gasteiger partial charge on any atom is 0.354 e. The van der Waals surface area contributed by atoms with Gasteiger partial charge >= 0.3 is 5.97 Å². The Morgan fingerprint density at radius 1 is 1.15 bits per heavy atom. The molecule has 0 radical (unpaired) electrons. The average molecular weight is 270 g/mol. The molecule has 0 saturated heterocycles. The summed E-state index contributed by atoms with van der Waals surface area (Å²) in [7, 11) is 0. The second-order valence-electron chi connectivity index (χ2n) is 4.27. The highest BCUT2D eigenvalue weighted by Crippen LogP contribution is 2.09. The van der Waals surface area contributed by atoms with Crippen molar-refractivity contribution in [2.45, 2.75) is 12.8 Å². The fourth-order valence-corrected chi connectivity index (χ4v) is 1.75. The zero-order valence-electron chi connectivity index (χ0n) is 10.7. The summed E-state index contributed by atoms with van der Waals surface area (Å²) in [5, 5.41) is 11.5. The Balaban J connectivity index is 1.91. The number of hydrogen-bond acceptors (Lipinski definition) is 3. The van der Waals surface area contributed by atoms with Crippen LogP contribution in [0.1, 0.15) is 22.5 Å². The summed E-state index contributed by atoms with van der Waals surface area (Å²) >= 11 is 0. The summed E-state index contributed by atoms with van der Waals surface area (Å²) in [6, 6.07) is 12.6. The van der Waals surface area contributed by atoms with Crippen LogP contribution >= 0.6 is 0 Å². The Hall–Kier alpha value is -2.69. The molecule has 0 bridgehead atoms. The van der Waals surface area contributed by atoms with Crippen molar-refractivity contribution in [3.63, 3.8) is 0 Å². The SMILES string of the molecule is O=C(CCc1ccccc1)Nc1ccnc(C(=O)O)c1. The van der Waals surface area contributed by atoms with Gasteiger partial charge in [0.05, 0.1) is 0 Å². The molecule has 0 aliphatic rings. The van der Waals surface area contributed by atoms with Crippen LogP contribution in [0.15, 0.2) is 48.7 Å². The third kappa shape index (κ3) is 3.91. The van der Waals surface area contributed by atoms with Crippen LogP contribution in [-0.2, 0) is 11.2 Å². The number of amides is 1. The van der Waals surface area contributed by atoms with E-state index in [0.29, 0.717) is 18.5 Å². The minimum atomic E-state index is -1.12. The molecule has 102 valence electrons. The van der Waals surface area contributed by atoms with E-state index in [9.17, 15) is 9.59 Å². The normalized spacial score (nSPS) is 10.0. The summed E-state index contributed by atoms with van der Waals surface area (Å²) in [5.41, 5.74) is 1.44. The molecule has 2 rings (SSSR count). The lowest BCUT2D eigenvalue weighted by molar-refractivity contribution is -0.116. The summed E-state index contributed by atoms with van der Waals surface area (Å²) < 4.78 is 0. The Kier molecular flexibility index (Phi) is 4.44. The minimum absolute atomic E-state index is 0.0918.